The topological polar surface area (TPSA) is 108 Å². The molecule has 1 aliphatic heterocycles. The van der Waals surface area contributed by atoms with Crippen molar-refractivity contribution in [2.45, 2.75) is 19.4 Å². The Morgan fingerprint density at radius 2 is 2.00 bits per heavy atom. The molecule has 2 aromatic carbocycles. The van der Waals surface area contributed by atoms with E-state index in [2.05, 4.69) is 9.82 Å². The highest BCUT2D eigenvalue weighted by atomic mass is 32.2. The van der Waals surface area contributed by atoms with Crippen LogP contribution in [0.5, 0.6) is 11.5 Å². The number of rotatable bonds is 5. The Morgan fingerprint density at radius 1 is 1.29 bits per heavy atom. The fraction of sp³-hybridized carbons (Fsp3) is 0.263. The second-order valence-corrected chi connectivity index (χ2v) is 8.23. The van der Waals surface area contributed by atoms with Gasteiger partial charge in [0.1, 0.15) is 0 Å². The Labute approximate surface area is 163 Å². The first-order valence-corrected chi connectivity index (χ1v) is 10.4. The molecule has 1 heterocycles. The second-order valence-electron chi connectivity index (χ2n) is 6.48. The van der Waals surface area contributed by atoms with Gasteiger partial charge in [-0.05, 0) is 23.8 Å². The fourth-order valence-corrected chi connectivity index (χ4v) is 3.73. The predicted octanol–water partition coefficient (Wildman–Crippen LogP) is 2.47. The molecule has 0 saturated carbocycles. The Hall–Kier alpha value is -3.07. The van der Waals surface area contributed by atoms with E-state index in [4.69, 9.17) is 4.74 Å². The number of aromatic hydroxyl groups is 1. The lowest BCUT2D eigenvalue weighted by molar-refractivity contribution is -0.130. The maximum absolute atomic E-state index is 12.2. The lowest BCUT2D eigenvalue weighted by Gasteiger charge is -2.21. The number of hydrazone groups is 1. The number of ether oxygens (including phenoxy) is 1. The van der Waals surface area contributed by atoms with Gasteiger partial charge in [0, 0.05) is 18.9 Å². The molecule has 1 atom stereocenters. The largest absolute Gasteiger partial charge is 0.504 e. The zero-order valence-electron chi connectivity index (χ0n) is 15.7. The van der Waals surface area contributed by atoms with Gasteiger partial charge in [-0.3, -0.25) is 9.52 Å². The van der Waals surface area contributed by atoms with E-state index in [9.17, 15) is 18.3 Å². The molecule has 8 nitrogen and oxygen atoms in total. The molecule has 0 fully saturated rings. The smallest absolute Gasteiger partial charge is 0.240 e. The van der Waals surface area contributed by atoms with E-state index in [-0.39, 0.29) is 11.7 Å². The third-order valence-electron chi connectivity index (χ3n) is 4.35. The summed E-state index contributed by atoms with van der Waals surface area (Å²) >= 11 is 0. The van der Waals surface area contributed by atoms with Gasteiger partial charge in [0.05, 0.1) is 30.8 Å². The van der Waals surface area contributed by atoms with Gasteiger partial charge in [-0.2, -0.15) is 5.10 Å². The van der Waals surface area contributed by atoms with E-state index in [0.717, 1.165) is 11.8 Å². The summed E-state index contributed by atoms with van der Waals surface area (Å²) in [4.78, 5) is 12.2. The fourth-order valence-electron chi connectivity index (χ4n) is 3.15. The van der Waals surface area contributed by atoms with Crippen molar-refractivity contribution in [1.82, 2.24) is 5.01 Å². The standard InChI is InChI=1S/C19H21N3O5S/c1-12(23)22-17(13-8-9-18(24)19(10-13)27-2)11-16(20-22)14-6-4-5-7-15(14)21-28(3,25)26/h4-10,17,21,24H,11H2,1-3H3. The number of methoxy groups -OCH3 is 1. The predicted molar refractivity (Wildman–Crippen MR) is 106 cm³/mol. The summed E-state index contributed by atoms with van der Waals surface area (Å²) < 4.78 is 31.0. The summed E-state index contributed by atoms with van der Waals surface area (Å²) in [5.74, 6) is 0.0525. The minimum Gasteiger partial charge on any atom is -0.504 e. The Kier molecular flexibility index (Phi) is 5.28. The van der Waals surface area contributed by atoms with Crippen molar-refractivity contribution in [2.24, 2.45) is 5.10 Å². The van der Waals surface area contributed by atoms with Crippen LogP contribution < -0.4 is 9.46 Å². The number of sulfonamides is 1. The number of nitrogens with one attached hydrogen (secondary N) is 1. The first-order valence-electron chi connectivity index (χ1n) is 8.51. The van der Waals surface area contributed by atoms with Crippen molar-refractivity contribution in [3.63, 3.8) is 0 Å². The molecule has 1 aliphatic rings. The Morgan fingerprint density at radius 3 is 2.64 bits per heavy atom. The van der Waals surface area contributed by atoms with Gasteiger partial charge in [-0.15, -0.1) is 0 Å². The first-order chi connectivity index (χ1) is 13.2. The third kappa shape index (κ3) is 4.09. The molecule has 0 bridgehead atoms. The highest BCUT2D eigenvalue weighted by molar-refractivity contribution is 7.92. The summed E-state index contributed by atoms with van der Waals surface area (Å²) in [7, 11) is -2.02. The van der Waals surface area contributed by atoms with Crippen molar-refractivity contribution < 1.29 is 23.1 Å². The summed E-state index contributed by atoms with van der Waals surface area (Å²) in [5.41, 5.74) is 2.33. The van der Waals surface area contributed by atoms with Crippen LogP contribution in [0, 0.1) is 0 Å². The summed E-state index contributed by atoms with van der Waals surface area (Å²) in [6.45, 7) is 1.41. The molecular weight excluding hydrogens is 382 g/mol. The van der Waals surface area contributed by atoms with E-state index in [0.29, 0.717) is 29.1 Å². The molecular formula is C19H21N3O5S. The van der Waals surface area contributed by atoms with E-state index in [1.165, 1.54) is 25.1 Å². The van der Waals surface area contributed by atoms with E-state index < -0.39 is 16.1 Å². The van der Waals surface area contributed by atoms with Gasteiger partial charge in [0.25, 0.3) is 0 Å². The van der Waals surface area contributed by atoms with Crippen LogP contribution >= 0.6 is 0 Å². The van der Waals surface area contributed by atoms with E-state index in [1.54, 1.807) is 36.4 Å². The maximum atomic E-state index is 12.2. The number of benzene rings is 2. The number of hydrogen-bond donors (Lipinski definition) is 2. The lowest BCUT2D eigenvalue weighted by Crippen LogP contribution is -2.24. The molecule has 2 aromatic rings. The normalized spacial score (nSPS) is 16.6. The maximum Gasteiger partial charge on any atom is 0.240 e. The third-order valence-corrected chi connectivity index (χ3v) is 4.95. The molecule has 0 radical (unpaired) electrons. The van der Waals surface area contributed by atoms with Crippen molar-refractivity contribution in [3.8, 4) is 11.5 Å². The SMILES string of the molecule is COc1cc(C2CC(c3ccccc3NS(C)(=O)=O)=NN2C(C)=O)ccc1O. The lowest BCUT2D eigenvalue weighted by atomic mass is 9.97. The molecule has 0 saturated heterocycles. The van der Waals surface area contributed by atoms with Gasteiger partial charge < -0.3 is 9.84 Å². The van der Waals surface area contributed by atoms with Gasteiger partial charge in [0.15, 0.2) is 11.5 Å². The second kappa shape index (κ2) is 7.51. The number of amides is 1. The van der Waals surface area contributed by atoms with Gasteiger partial charge in [-0.1, -0.05) is 24.3 Å². The van der Waals surface area contributed by atoms with Crippen LogP contribution in [-0.4, -0.2) is 43.5 Å². The van der Waals surface area contributed by atoms with Crippen LogP contribution in [0.2, 0.25) is 0 Å². The highest BCUT2D eigenvalue weighted by Gasteiger charge is 2.32. The Balaban J connectivity index is 2.00. The molecule has 28 heavy (non-hydrogen) atoms. The van der Waals surface area contributed by atoms with E-state index in [1.807, 2.05) is 0 Å². The van der Waals surface area contributed by atoms with Crippen LogP contribution in [0.1, 0.15) is 30.5 Å². The summed E-state index contributed by atoms with van der Waals surface area (Å²) in [5, 5.41) is 15.6. The number of carbonyl (C=O) groups excluding carboxylic acids is 1. The van der Waals surface area contributed by atoms with Gasteiger partial charge in [-0.25, -0.2) is 13.4 Å². The summed E-state index contributed by atoms with van der Waals surface area (Å²) in [6.07, 6.45) is 1.46. The van der Waals surface area contributed by atoms with Crippen LogP contribution in [-0.2, 0) is 14.8 Å². The van der Waals surface area contributed by atoms with Crippen LogP contribution in [0.4, 0.5) is 5.69 Å². The van der Waals surface area contributed by atoms with Crippen molar-refractivity contribution in [1.29, 1.82) is 0 Å². The van der Waals surface area contributed by atoms with Crippen molar-refractivity contribution in [2.75, 3.05) is 18.1 Å². The van der Waals surface area contributed by atoms with Crippen LogP contribution in [0.25, 0.3) is 0 Å². The van der Waals surface area contributed by atoms with Gasteiger partial charge in [0.2, 0.25) is 15.9 Å². The average molecular weight is 403 g/mol. The van der Waals surface area contributed by atoms with Crippen LogP contribution in [0.3, 0.4) is 0 Å². The molecule has 9 heteroatoms. The number of phenolic OH excluding ortho intramolecular Hbond substituents is 1. The number of phenols is 1. The Bertz CT molecular complexity index is 1050. The molecule has 3 rings (SSSR count). The minimum absolute atomic E-state index is 0.00228. The van der Waals surface area contributed by atoms with Gasteiger partial charge >= 0.3 is 0 Å². The first kappa shape index (κ1) is 19.7. The number of carbonyl (C=O) groups is 1. The number of para-hydroxylation sites is 1. The van der Waals surface area contributed by atoms with Crippen molar-refractivity contribution >= 4 is 27.3 Å². The molecule has 0 aromatic heterocycles. The molecule has 1 unspecified atom stereocenters. The number of anilines is 1. The van der Waals surface area contributed by atoms with Crippen LogP contribution in [0.15, 0.2) is 47.6 Å². The zero-order chi connectivity index (χ0) is 20.5. The van der Waals surface area contributed by atoms with E-state index >= 15 is 0 Å². The zero-order valence-corrected chi connectivity index (χ0v) is 16.5. The molecule has 0 aliphatic carbocycles. The number of hydrogen-bond acceptors (Lipinski definition) is 6. The number of nitrogens with zero attached hydrogens (tertiary/aromatic N) is 2. The summed E-state index contributed by atoms with van der Waals surface area (Å²) in [6, 6.07) is 11.4. The average Bonchev–Trinajstić information content (AvgIpc) is 3.07. The quantitative estimate of drug-likeness (QED) is 0.797. The van der Waals surface area contributed by atoms with Crippen molar-refractivity contribution in [3.05, 3.63) is 53.6 Å². The minimum atomic E-state index is -3.47. The highest BCUT2D eigenvalue weighted by Crippen LogP contribution is 2.37. The molecule has 148 valence electrons. The molecule has 1 amide bonds. The molecule has 2 N–H and O–H groups in total. The molecule has 0 spiro atoms. The monoisotopic (exact) mass is 403 g/mol.